The van der Waals surface area contributed by atoms with E-state index < -0.39 is 0 Å². The number of rotatable bonds is 7. The van der Waals surface area contributed by atoms with Gasteiger partial charge in [0.1, 0.15) is 0 Å². The summed E-state index contributed by atoms with van der Waals surface area (Å²) in [5, 5.41) is 6.97. The number of amides is 1. The van der Waals surface area contributed by atoms with Crippen LogP contribution in [-0.2, 0) is 19.5 Å². The second-order valence-corrected chi connectivity index (χ2v) is 7.75. The summed E-state index contributed by atoms with van der Waals surface area (Å²) >= 11 is 0. The standard InChI is InChI=1S/C21H29N3O2/c1-15(2)8-9-16(3)22-21(25)20-12-19(26-23-20)14-24-11-10-17-6-4-5-7-18(17)13-24/h4-7,12,15-16H,8-11,13-14H2,1-3H3,(H,22,25)/t16-/m1/s1. The molecule has 2 aromatic rings. The molecule has 5 nitrogen and oxygen atoms in total. The van der Waals surface area contributed by atoms with Crippen LogP contribution in [0.2, 0.25) is 0 Å². The lowest BCUT2D eigenvalue weighted by atomic mass is 10.00. The van der Waals surface area contributed by atoms with Crippen LogP contribution in [0, 0.1) is 5.92 Å². The maximum atomic E-state index is 12.3. The highest BCUT2D eigenvalue weighted by atomic mass is 16.5. The van der Waals surface area contributed by atoms with Crippen molar-refractivity contribution < 1.29 is 9.32 Å². The molecule has 1 aromatic heterocycles. The molecule has 2 heterocycles. The number of nitrogens with one attached hydrogen (secondary N) is 1. The SMILES string of the molecule is CC(C)CC[C@@H](C)NC(=O)c1cc(CN2CCc3ccccc3C2)on1. The summed E-state index contributed by atoms with van der Waals surface area (Å²) in [5.74, 6) is 1.23. The quantitative estimate of drug-likeness (QED) is 0.821. The molecule has 140 valence electrons. The van der Waals surface area contributed by atoms with Crippen LogP contribution in [0.25, 0.3) is 0 Å². The molecule has 0 radical (unpaired) electrons. The number of aromatic nitrogens is 1. The van der Waals surface area contributed by atoms with Gasteiger partial charge >= 0.3 is 0 Å². The highest BCUT2D eigenvalue weighted by molar-refractivity contribution is 5.92. The molecule has 1 aliphatic rings. The van der Waals surface area contributed by atoms with Crippen molar-refractivity contribution in [1.82, 2.24) is 15.4 Å². The van der Waals surface area contributed by atoms with Gasteiger partial charge in [-0.3, -0.25) is 9.69 Å². The molecule has 0 fully saturated rings. The van der Waals surface area contributed by atoms with Crippen LogP contribution in [0.15, 0.2) is 34.9 Å². The van der Waals surface area contributed by atoms with Gasteiger partial charge in [-0.25, -0.2) is 0 Å². The van der Waals surface area contributed by atoms with Crippen molar-refractivity contribution in [3.63, 3.8) is 0 Å². The fourth-order valence-corrected chi connectivity index (χ4v) is 3.36. The zero-order valence-electron chi connectivity index (χ0n) is 16.0. The van der Waals surface area contributed by atoms with E-state index in [-0.39, 0.29) is 11.9 Å². The molecule has 1 aliphatic heterocycles. The smallest absolute Gasteiger partial charge is 0.273 e. The molecule has 3 rings (SSSR count). The molecule has 0 bridgehead atoms. The molecule has 1 amide bonds. The summed E-state index contributed by atoms with van der Waals surface area (Å²) in [5.41, 5.74) is 3.17. The van der Waals surface area contributed by atoms with Crippen LogP contribution in [0.5, 0.6) is 0 Å². The largest absolute Gasteiger partial charge is 0.359 e. The van der Waals surface area contributed by atoms with Crippen LogP contribution in [-0.4, -0.2) is 28.6 Å². The Morgan fingerprint density at radius 1 is 1.23 bits per heavy atom. The molecule has 0 saturated carbocycles. The summed E-state index contributed by atoms with van der Waals surface area (Å²) in [6.45, 7) is 9.00. The zero-order valence-corrected chi connectivity index (χ0v) is 16.0. The van der Waals surface area contributed by atoms with E-state index in [0.717, 1.165) is 38.1 Å². The highest BCUT2D eigenvalue weighted by Crippen LogP contribution is 2.20. The zero-order chi connectivity index (χ0) is 18.5. The fourth-order valence-electron chi connectivity index (χ4n) is 3.36. The van der Waals surface area contributed by atoms with Gasteiger partial charge in [0.2, 0.25) is 0 Å². The minimum atomic E-state index is -0.153. The van der Waals surface area contributed by atoms with Crippen LogP contribution in [0.4, 0.5) is 0 Å². The average Bonchev–Trinajstić information content (AvgIpc) is 3.08. The third-order valence-electron chi connectivity index (χ3n) is 4.94. The number of benzene rings is 1. The average molecular weight is 355 g/mol. The van der Waals surface area contributed by atoms with Crippen molar-refractivity contribution in [3.8, 4) is 0 Å². The number of hydrogen-bond donors (Lipinski definition) is 1. The van der Waals surface area contributed by atoms with Crippen LogP contribution in [0.3, 0.4) is 0 Å². The predicted octanol–water partition coefficient (Wildman–Crippen LogP) is 3.79. The Morgan fingerprint density at radius 3 is 2.77 bits per heavy atom. The Kier molecular flexibility index (Phi) is 6.09. The molecule has 1 atom stereocenters. The molecule has 0 saturated heterocycles. The maximum absolute atomic E-state index is 12.3. The molecular formula is C21H29N3O2. The summed E-state index contributed by atoms with van der Waals surface area (Å²) in [7, 11) is 0. The van der Waals surface area contributed by atoms with E-state index in [4.69, 9.17) is 4.52 Å². The monoisotopic (exact) mass is 355 g/mol. The summed E-state index contributed by atoms with van der Waals surface area (Å²) in [6.07, 6.45) is 3.12. The van der Waals surface area contributed by atoms with Gasteiger partial charge in [0.25, 0.3) is 5.91 Å². The van der Waals surface area contributed by atoms with Crippen molar-refractivity contribution in [3.05, 3.63) is 52.9 Å². The lowest BCUT2D eigenvalue weighted by Gasteiger charge is -2.27. The number of nitrogens with zero attached hydrogens (tertiary/aromatic N) is 2. The summed E-state index contributed by atoms with van der Waals surface area (Å²) in [4.78, 5) is 14.7. The second-order valence-electron chi connectivity index (χ2n) is 7.75. The predicted molar refractivity (Wildman–Crippen MR) is 102 cm³/mol. The molecule has 0 unspecified atom stereocenters. The number of carbonyl (C=O) groups is 1. The molecule has 0 spiro atoms. The third-order valence-corrected chi connectivity index (χ3v) is 4.94. The van der Waals surface area contributed by atoms with Gasteiger partial charge in [0.05, 0.1) is 6.54 Å². The normalized spacial score (nSPS) is 15.7. The highest BCUT2D eigenvalue weighted by Gasteiger charge is 2.19. The van der Waals surface area contributed by atoms with E-state index in [1.165, 1.54) is 11.1 Å². The van der Waals surface area contributed by atoms with Gasteiger partial charge < -0.3 is 9.84 Å². The van der Waals surface area contributed by atoms with E-state index in [0.29, 0.717) is 18.2 Å². The summed E-state index contributed by atoms with van der Waals surface area (Å²) < 4.78 is 5.40. The third kappa shape index (κ3) is 4.94. The first-order valence-electron chi connectivity index (χ1n) is 9.57. The van der Waals surface area contributed by atoms with E-state index in [9.17, 15) is 4.79 Å². The van der Waals surface area contributed by atoms with Crippen molar-refractivity contribution >= 4 is 5.91 Å². The number of fused-ring (bicyclic) bond motifs is 1. The Balaban J connectivity index is 1.52. The van der Waals surface area contributed by atoms with Gasteiger partial charge in [-0.1, -0.05) is 43.3 Å². The van der Waals surface area contributed by atoms with Crippen molar-refractivity contribution in [2.24, 2.45) is 5.92 Å². The van der Waals surface area contributed by atoms with Gasteiger partial charge in [-0.05, 0) is 43.2 Å². The van der Waals surface area contributed by atoms with Crippen molar-refractivity contribution in [1.29, 1.82) is 0 Å². The van der Waals surface area contributed by atoms with Gasteiger partial charge in [-0.2, -0.15) is 0 Å². The van der Waals surface area contributed by atoms with Crippen LogP contribution < -0.4 is 5.32 Å². The Labute approximate surface area is 155 Å². The van der Waals surface area contributed by atoms with E-state index in [1.807, 2.05) is 6.92 Å². The molecule has 5 heteroatoms. The second kappa shape index (κ2) is 8.49. The van der Waals surface area contributed by atoms with Crippen molar-refractivity contribution in [2.45, 2.75) is 59.2 Å². The number of carbonyl (C=O) groups excluding carboxylic acids is 1. The Bertz CT molecular complexity index is 738. The first-order valence-corrected chi connectivity index (χ1v) is 9.57. The minimum absolute atomic E-state index is 0.142. The summed E-state index contributed by atoms with van der Waals surface area (Å²) in [6, 6.07) is 10.5. The fraction of sp³-hybridized carbons (Fsp3) is 0.524. The van der Waals surface area contributed by atoms with Gasteiger partial charge in [-0.15, -0.1) is 0 Å². The topological polar surface area (TPSA) is 58.4 Å². The number of hydrogen-bond acceptors (Lipinski definition) is 4. The van der Waals surface area contributed by atoms with Gasteiger partial charge in [0.15, 0.2) is 11.5 Å². The Hall–Kier alpha value is -2.14. The molecule has 0 aliphatic carbocycles. The lowest BCUT2D eigenvalue weighted by Crippen LogP contribution is -2.33. The van der Waals surface area contributed by atoms with Gasteiger partial charge in [0, 0.05) is 25.2 Å². The van der Waals surface area contributed by atoms with Crippen LogP contribution in [0.1, 0.15) is 61.0 Å². The lowest BCUT2D eigenvalue weighted by molar-refractivity contribution is 0.0928. The molecule has 26 heavy (non-hydrogen) atoms. The van der Waals surface area contributed by atoms with E-state index >= 15 is 0 Å². The maximum Gasteiger partial charge on any atom is 0.273 e. The first-order chi connectivity index (χ1) is 12.5. The van der Waals surface area contributed by atoms with E-state index in [1.54, 1.807) is 6.07 Å². The molecular weight excluding hydrogens is 326 g/mol. The minimum Gasteiger partial charge on any atom is -0.359 e. The molecule has 1 aromatic carbocycles. The van der Waals surface area contributed by atoms with Crippen molar-refractivity contribution in [2.75, 3.05) is 6.54 Å². The van der Waals surface area contributed by atoms with Crippen LogP contribution >= 0.6 is 0 Å². The Morgan fingerprint density at radius 2 is 2.00 bits per heavy atom. The first kappa shape index (κ1) is 18.6. The van der Waals surface area contributed by atoms with E-state index in [2.05, 4.69) is 53.5 Å². The molecule has 1 N–H and O–H groups in total.